The van der Waals surface area contributed by atoms with Crippen molar-refractivity contribution in [3.8, 4) is 0 Å². The molecule has 1 nitrogen and oxygen atoms in total. The van der Waals surface area contributed by atoms with E-state index in [-0.39, 0.29) is 0 Å². The fourth-order valence-electron chi connectivity index (χ4n) is 2.69. The van der Waals surface area contributed by atoms with E-state index in [4.69, 9.17) is 0 Å². The zero-order valence-corrected chi connectivity index (χ0v) is 10.2. The molecular formula is C13H27N. The maximum atomic E-state index is 3.73. The van der Waals surface area contributed by atoms with E-state index in [0.29, 0.717) is 0 Å². The van der Waals surface area contributed by atoms with E-state index in [9.17, 15) is 0 Å². The molecule has 0 radical (unpaired) electrons. The Hall–Kier alpha value is -0.0400. The lowest BCUT2D eigenvalue weighted by molar-refractivity contribution is 0.229. The molecule has 0 heterocycles. The molecule has 2 atom stereocenters. The Morgan fingerprint density at radius 1 is 1.21 bits per heavy atom. The summed E-state index contributed by atoms with van der Waals surface area (Å²) < 4.78 is 0. The van der Waals surface area contributed by atoms with Gasteiger partial charge in [0.25, 0.3) is 0 Å². The molecule has 0 amide bonds. The number of nitrogens with one attached hydrogen (secondary N) is 1. The predicted octanol–water partition coefficient (Wildman–Crippen LogP) is 3.59. The molecule has 1 saturated carbocycles. The first-order valence-corrected chi connectivity index (χ1v) is 6.47. The summed E-state index contributed by atoms with van der Waals surface area (Å²) in [7, 11) is 0. The summed E-state index contributed by atoms with van der Waals surface area (Å²) in [5, 5.41) is 3.73. The Labute approximate surface area is 89.7 Å². The summed E-state index contributed by atoms with van der Waals surface area (Å²) in [6.45, 7) is 8.17. The minimum absolute atomic E-state index is 0.825. The first-order chi connectivity index (χ1) is 6.74. The van der Waals surface area contributed by atoms with Crippen LogP contribution in [0.25, 0.3) is 0 Å². The SMILES string of the molecule is CCCNC1CCCCC1CC(C)C. The molecule has 1 aliphatic carbocycles. The van der Waals surface area contributed by atoms with Crippen LogP contribution in [0.15, 0.2) is 0 Å². The van der Waals surface area contributed by atoms with Gasteiger partial charge in [0.1, 0.15) is 0 Å². The third-order valence-electron chi connectivity index (χ3n) is 3.34. The van der Waals surface area contributed by atoms with Crippen LogP contribution in [-0.2, 0) is 0 Å². The van der Waals surface area contributed by atoms with Crippen molar-refractivity contribution in [2.24, 2.45) is 11.8 Å². The van der Waals surface area contributed by atoms with Gasteiger partial charge < -0.3 is 5.32 Å². The minimum atomic E-state index is 0.825. The monoisotopic (exact) mass is 197 g/mol. The first kappa shape index (κ1) is 12.0. The van der Waals surface area contributed by atoms with Crippen molar-refractivity contribution in [3.63, 3.8) is 0 Å². The molecule has 0 aromatic rings. The van der Waals surface area contributed by atoms with Gasteiger partial charge in [-0.1, -0.05) is 33.6 Å². The zero-order chi connectivity index (χ0) is 10.4. The highest BCUT2D eigenvalue weighted by atomic mass is 14.9. The molecule has 1 aliphatic rings. The molecule has 0 aliphatic heterocycles. The van der Waals surface area contributed by atoms with Crippen molar-refractivity contribution >= 4 is 0 Å². The molecule has 0 saturated heterocycles. The van der Waals surface area contributed by atoms with Gasteiger partial charge in [0.2, 0.25) is 0 Å². The van der Waals surface area contributed by atoms with Crippen LogP contribution < -0.4 is 5.32 Å². The van der Waals surface area contributed by atoms with E-state index >= 15 is 0 Å². The second kappa shape index (κ2) is 6.44. The highest BCUT2D eigenvalue weighted by Gasteiger charge is 2.24. The molecule has 14 heavy (non-hydrogen) atoms. The van der Waals surface area contributed by atoms with Crippen molar-refractivity contribution < 1.29 is 0 Å². The third kappa shape index (κ3) is 4.00. The van der Waals surface area contributed by atoms with Crippen molar-refractivity contribution in [1.29, 1.82) is 0 Å². The van der Waals surface area contributed by atoms with Crippen LogP contribution >= 0.6 is 0 Å². The number of rotatable bonds is 5. The quantitative estimate of drug-likeness (QED) is 0.710. The molecule has 0 spiro atoms. The fourth-order valence-corrected chi connectivity index (χ4v) is 2.69. The molecule has 0 aromatic carbocycles. The van der Waals surface area contributed by atoms with Gasteiger partial charge in [-0.3, -0.25) is 0 Å². The van der Waals surface area contributed by atoms with Gasteiger partial charge in [-0.25, -0.2) is 0 Å². The van der Waals surface area contributed by atoms with E-state index in [1.165, 1.54) is 45.1 Å². The summed E-state index contributed by atoms with van der Waals surface area (Å²) >= 11 is 0. The Balaban J connectivity index is 2.33. The predicted molar refractivity (Wildman–Crippen MR) is 63.5 cm³/mol. The number of hydrogen-bond donors (Lipinski definition) is 1. The first-order valence-electron chi connectivity index (χ1n) is 6.47. The molecule has 0 aromatic heterocycles. The smallest absolute Gasteiger partial charge is 0.00954 e. The molecule has 1 heteroatoms. The lowest BCUT2D eigenvalue weighted by Crippen LogP contribution is -2.39. The normalized spacial score (nSPS) is 28.3. The lowest BCUT2D eigenvalue weighted by atomic mass is 9.80. The van der Waals surface area contributed by atoms with Crippen LogP contribution in [-0.4, -0.2) is 12.6 Å². The van der Waals surface area contributed by atoms with Crippen LogP contribution in [0.3, 0.4) is 0 Å². The Kier molecular flexibility index (Phi) is 5.54. The Morgan fingerprint density at radius 2 is 1.93 bits per heavy atom. The van der Waals surface area contributed by atoms with E-state index in [1.807, 2.05) is 0 Å². The average Bonchev–Trinajstić information content (AvgIpc) is 2.16. The summed E-state index contributed by atoms with van der Waals surface area (Å²) in [4.78, 5) is 0. The lowest BCUT2D eigenvalue weighted by Gasteiger charge is -2.33. The zero-order valence-electron chi connectivity index (χ0n) is 10.2. The van der Waals surface area contributed by atoms with Gasteiger partial charge in [0.05, 0.1) is 0 Å². The van der Waals surface area contributed by atoms with E-state index in [0.717, 1.165) is 17.9 Å². The van der Waals surface area contributed by atoms with Crippen LogP contribution in [0.5, 0.6) is 0 Å². The van der Waals surface area contributed by atoms with Gasteiger partial charge in [-0.2, -0.15) is 0 Å². The van der Waals surface area contributed by atoms with E-state index in [1.54, 1.807) is 0 Å². The Morgan fingerprint density at radius 3 is 2.57 bits per heavy atom. The average molecular weight is 197 g/mol. The summed E-state index contributed by atoms with van der Waals surface area (Å²) in [6.07, 6.45) is 8.46. The van der Waals surface area contributed by atoms with Gasteiger partial charge in [-0.15, -0.1) is 0 Å². The standard InChI is InChI=1S/C13H27N/c1-4-9-14-13-8-6-5-7-12(13)10-11(2)3/h11-14H,4-10H2,1-3H3. The molecule has 1 rings (SSSR count). The Bertz CT molecular complexity index is 142. The van der Waals surface area contributed by atoms with Crippen molar-refractivity contribution in [3.05, 3.63) is 0 Å². The molecule has 0 bridgehead atoms. The summed E-state index contributed by atoms with van der Waals surface area (Å²) in [5.41, 5.74) is 0. The van der Waals surface area contributed by atoms with Gasteiger partial charge in [0, 0.05) is 6.04 Å². The minimum Gasteiger partial charge on any atom is -0.314 e. The fraction of sp³-hybridized carbons (Fsp3) is 1.00. The summed E-state index contributed by atoms with van der Waals surface area (Å²) in [5.74, 6) is 1.82. The maximum Gasteiger partial charge on any atom is 0.00954 e. The van der Waals surface area contributed by atoms with Crippen LogP contribution in [0.2, 0.25) is 0 Å². The molecule has 84 valence electrons. The highest BCUT2D eigenvalue weighted by Crippen LogP contribution is 2.29. The van der Waals surface area contributed by atoms with Gasteiger partial charge >= 0.3 is 0 Å². The second-order valence-corrected chi connectivity index (χ2v) is 5.23. The van der Waals surface area contributed by atoms with Gasteiger partial charge in [0.15, 0.2) is 0 Å². The topological polar surface area (TPSA) is 12.0 Å². The molecule has 1 N–H and O–H groups in total. The van der Waals surface area contributed by atoms with Gasteiger partial charge in [-0.05, 0) is 44.1 Å². The molecular weight excluding hydrogens is 170 g/mol. The maximum absolute atomic E-state index is 3.73. The van der Waals surface area contributed by atoms with Crippen molar-refractivity contribution in [2.45, 2.75) is 65.3 Å². The molecule has 2 unspecified atom stereocenters. The highest BCUT2D eigenvalue weighted by molar-refractivity contribution is 4.81. The van der Waals surface area contributed by atoms with Crippen LogP contribution in [0.1, 0.15) is 59.3 Å². The molecule has 1 fully saturated rings. The second-order valence-electron chi connectivity index (χ2n) is 5.23. The largest absolute Gasteiger partial charge is 0.314 e. The number of hydrogen-bond acceptors (Lipinski definition) is 1. The summed E-state index contributed by atoms with van der Waals surface area (Å²) in [6, 6.07) is 0.825. The van der Waals surface area contributed by atoms with Crippen LogP contribution in [0, 0.1) is 11.8 Å². The van der Waals surface area contributed by atoms with E-state index in [2.05, 4.69) is 26.1 Å². The van der Waals surface area contributed by atoms with Crippen molar-refractivity contribution in [1.82, 2.24) is 5.32 Å². The van der Waals surface area contributed by atoms with Crippen molar-refractivity contribution in [2.75, 3.05) is 6.54 Å². The third-order valence-corrected chi connectivity index (χ3v) is 3.34. The van der Waals surface area contributed by atoms with E-state index < -0.39 is 0 Å². The van der Waals surface area contributed by atoms with Crippen LogP contribution in [0.4, 0.5) is 0 Å².